The van der Waals surface area contributed by atoms with Gasteiger partial charge in [0.1, 0.15) is 0 Å². The van der Waals surface area contributed by atoms with Crippen molar-refractivity contribution in [1.29, 1.82) is 0 Å². The zero-order chi connectivity index (χ0) is 20.1. The van der Waals surface area contributed by atoms with Gasteiger partial charge in [0.2, 0.25) is 0 Å². The quantitative estimate of drug-likeness (QED) is 0.439. The Morgan fingerprint density at radius 1 is 1.21 bits per heavy atom. The molecule has 1 N–H and O–H groups in total. The maximum atomic E-state index is 5.06. The average Bonchev–Trinajstić information content (AvgIpc) is 3.48. The minimum atomic E-state index is 0.673. The van der Waals surface area contributed by atoms with Crippen LogP contribution in [0.5, 0.6) is 0 Å². The van der Waals surface area contributed by atoms with Gasteiger partial charge in [-0.2, -0.15) is 0 Å². The van der Waals surface area contributed by atoms with E-state index < -0.39 is 0 Å². The topological polar surface area (TPSA) is 47.0 Å². The molecule has 0 amide bonds. The Morgan fingerprint density at radius 3 is 2.69 bits per heavy atom. The smallest absolute Gasteiger partial charge is 0.193 e. The van der Waals surface area contributed by atoms with Crippen LogP contribution in [0.2, 0.25) is 0 Å². The van der Waals surface area contributed by atoms with E-state index in [-0.39, 0.29) is 0 Å². The molecule has 0 spiro atoms. The van der Waals surface area contributed by atoms with E-state index in [4.69, 9.17) is 4.99 Å². The van der Waals surface area contributed by atoms with Crippen LogP contribution in [0.1, 0.15) is 36.9 Å². The van der Waals surface area contributed by atoms with Crippen molar-refractivity contribution in [3.8, 4) is 0 Å². The van der Waals surface area contributed by atoms with Crippen LogP contribution < -0.4 is 5.32 Å². The first-order valence-corrected chi connectivity index (χ1v) is 12.1. The fraction of sp³-hybridized carbons (Fsp3) is 0.727. The normalized spacial score (nSPS) is 24.7. The number of nitrogens with zero attached hydrogens (tertiary/aromatic N) is 5. The van der Waals surface area contributed by atoms with Crippen molar-refractivity contribution >= 4 is 17.3 Å². The van der Waals surface area contributed by atoms with E-state index in [0.717, 1.165) is 51.8 Å². The van der Waals surface area contributed by atoms with Crippen molar-refractivity contribution in [2.75, 3.05) is 52.4 Å². The Labute approximate surface area is 179 Å². The summed E-state index contributed by atoms with van der Waals surface area (Å²) in [4.78, 5) is 17.3. The van der Waals surface area contributed by atoms with Crippen molar-refractivity contribution in [3.05, 3.63) is 28.2 Å². The predicted molar refractivity (Wildman–Crippen MR) is 122 cm³/mol. The predicted octanol–water partition coefficient (Wildman–Crippen LogP) is 2.58. The van der Waals surface area contributed by atoms with E-state index in [1.165, 1.54) is 43.1 Å². The summed E-state index contributed by atoms with van der Waals surface area (Å²) in [6.45, 7) is 14.0. The summed E-state index contributed by atoms with van der Waals surface area (Å²) in [7, 11) is 0. The lowest BCUT2D eigenvalue weighted by Gasteiger charge is -2.31. The summed E-state index contributed by atoms with van der Waals surface area (Å²) in [6, 6.07) is 0.673. The first-order valence-electron chi connectivity index (χ1n) is 11.3. The Balaban J connectivity index is 1.24. The van der Waals surface area contributed by atoms with Gasteiger partial charge in [-0.1, -0.05) is 12.2 Å². The van der Waals surface area contributed by atoms with E-state index in [9.17, 15) is 0 Å². The second-order valence-electron chi connectivity index (χ2n) is 8.59. The molecule has 29 heavy (non-hydrogen) atoms. The molecule has 3 aliphatic rings. The number of nitrogens with one attached hydrogen (secondary N) is 1. The zero-order valence-corrected chi connectivity index (χ0v) is 18.8. The second kappa shape index (κ2) is 10.0. The SMILES string of the molecule is CCNC(=NCC1CCN(Cc2csc(C)n2)CC1)N1CCC(N2CC=CC2)C1. The lowest BCUT2D eigenvalue weighted by Crippen LogP contribution is -2.43. The third kappa shape index (κ3) is 5.58. The monoisotopic (exact) mass is 416 g/mol. The van der Waals surface area contributed by atoms with E-state index in [2.05, 4.69) is 56.4 Å². The molecule has 1 aromatic rings. The molecule has 3 aliphatic heterocycles. The minimum absolute atomic E-state index is 0.673. The van der Waals surface area contributed by atoms with Crippen molar-refractivity contribution in [2.45, 2.75) is 45.7 Å². The van der Waals surface area contributed by atoms with E-state index in [1.807, 2.05) is 0 Å². The lowest BCUT2D eigenvalue weighted by molar-refractivity contribution is 0.179. The standard InChI is InChI=1S/C22H36N6S/c1-3-23-22(28-13-8-21(16-28)27-9-4-5-10-27)24-14-19-6-11-26(12-7-19)15-20-17-29-18(2)25-20/h4-5,17,19,21H,3,6-16H2,1-2H3,(H,23,24). The summed E-state index contributed by atoms with van der Waals surface area (Å²) >= 11 is 1.76. The van der Waals surface area contributed by atoms with Crippen LogP contribution in [0.4, 0.5) is 0 Å². The molecular formula is C22H36N6S. The second-order valence-corrected chi connectivity index (χ2v) is 9.65. The van der Waals surface area contributed by atoms with Crippen LogP contribution in [0.3, 0.4) is 0 Å². The van der Waals surface area contributed by atoms with Gasteiger partial charge in [-0.3, -0.25) is 14.8 Å². The van der Waals surface area contributed by atoms with E-state index >= 15 is 0 Å². The van der Waals surface area contributed by atoms with Crippen molar-refractivity contribution in [2.24, 2.45) is 10.9 Å². The van der Waals surface area contributed by atoms with E-state index in [0.29, 0.717) is 12.0 Å². The molecule has 160 valence electrons. The van der Waals surface area contributed by atoms with Crippen LogP contribution in [0, 0.1) is 12.8 Å². The number of aryl methyl sites for hydroxylation is 1. The number of thiazole rings is 1. The van der Waals surface area contributed by atoms with Gasteiger partial charge in [0.25, 0.3) is 0 Å². The van der Waals surface area contributed by atoms with Gasteiger partial charge in [0, 0.05) is 57.2 Å². The highest BCUT2D eigenvalue weighted by Gasteiger charge is 2.29. The molecule has 1 atom stereocenters. The molecule has 2 fully saturated rings. The van der Waals surface area contributed by atoms with Crippen LogP contribution in [-0.2, 0) is 6.54 Å². The number of piperidine rings is 1. The molecule has 0 radical (unpaired) electrons. The number of hydrogen-bond acceptors (Lipinski definition) is 5. The van der Waals surface area contributed by atoms with Crippen LogP contribution in [0.25, 0.3) is 0 Å². The Morgan fingerprint density at radius 2 is 2.00 bits per heavy atom. The van der Waals surface area contributed by atoms with Gasteiger partial charge in [0.15, 0.2) is 5.96 Å². The third-order valence-electron chi connectivity index (χ3n) is 6.42. The molecular weight excluding hydrogens is 380 g/mol. The summed E-state index contributed by atoms with van der Waals surface area (Å²) < 4.78 is 0. The van der Waals surface area contributed by atoms with Gasteiger partial charge in [-0.15, -0.1) is 11.3 Å². The molecule has 6 nitrogen and oxygen atoms in total. The molecule has 0 saturated carbocycles. The molecule has 0 bridgehead atoms. The Kier molecular flexibility index (Phi) is 7.21. The van der Waals surface area contributed by atoms with Crippen molar-refractivity contribution in [3.63, 3.8) is 0 Å². The number of rotatable bonds is 6. The van der Waals surface area contributed by atoms with E-state index in [1.54, 1.807) is 11.3 Å². The summed E-state index contributed by atoms with van der Waals surface area (Å²) in [5.41, 5.74) is 1.23. The van der Waals surface area contributed by atoms with Gasteiger partial charge >= 0.3 is 0 Å². The fourth-order valence-corrected chi connectivity index (χ4v) is 5.31. The van der Waals surface area contributed by atoms with Gasteiger partial charge in [-0.25, -0.2) is 4.98 Å². The molecule has 4 rings (SSSR count). The fourth-order valence-electron chi connectivity index (χ4n) is 4.70. The van der Waals surface area contributed by atoms with Crippen molar-refractivity contribution in [1.82, 2.24) is 25.0 Å². The highest BCUT2D eigenvalue weighted by molar-refractivity contribution is 7.09. The summed E-state index contributed by atoms with van der Waals surface area (Å²) in [5, 5.41) is 6.92. The largest absolute Gasteiger partial charge is 0.357 e. The maximum Gasteiger partial charge on any atom is 0.193 e. The summed E-state index contributed by atoms with van der Waals surface area (Å²) in [6.07, 6.45) is 8.33. The molecule has 0 aliphatic carbocycles. The van der Waals surface area contributed by atoms with Gasteiger partial charge in [0.05, 0.1) is 10.7 Å². The average molecular weight is 417 g/mol. The first-order chi connectivity index (χ1) is 14.2. The number of aromatic nitrogens is 1. The Hall–Kier alpha value is -1.44. The molecule has 7 heteroatoms. The number of likely N-dealkylation sites (tertiary alicyclic amines) is 2. The van der Waals surface area contributed by atoms with Crippen molar-refractivity contribution < 1.29 is 0 Å². The Bertz CT molecular complexity index is 698. The van der Waals surface area contributed by atoms with Gasteiger partial charge < -0.3 is 10.2 Å². The molecule has 1 aromatic heterocycles. The van der Waals surface area contributed by atoms with Gasteiger partial charge in [-0.05, 0) is 52.1 Å². The lowest BCUT2D eigenvalue weighted by atomic mass is 9.97. The molecule has 1 unspecified atom stereocenters. The van der Waals surface area contributed by atoms with Crippen LogP contribution in [0.15, 0.2) is 22.5 Å². The first kappa shape index (κ1) is 20.8. The maximum absolute atomic E-state index is 5.06. The highest BCUT2D eigenvalue weighted by atomic mass is 32.1. The number of guanidine groups is 1. The highest BCUT2D eigenvalue weighted by Crippen LogP contribution is 2.21. The van der Waals surface area contributed by atoms with Crippen LogP contribution >= 0.6 is 11.3 Å². The molecule has 4 heterocycles. The minimum Gasteiger partial charge on any atom is -0.357 e. The summed E-state index contributed by atoms with van der Waals surface area (Å²) in [5.74, 6) is 1.83. The number of hydrogen-bond donors (Lipinski definition) is 1. The molecule has 0 aromatic carbocycles. The number of aliphatic imine (C=N–C) groups is 1. The third-order valence-corrected chi connectivity index (χ3v) is 7.24. The molecule has 2 saturated heterocycles. The zero-order valence-electron chi connectivity index (χ0n) is 18.0. The van der Waals surface area contributed by atoms with Crippen LogP contribution in [-0.4, -0.2) is 84.0 Å².